The molecular weight excluding hydrogens is 348 g/mol. The van der Waals surface area contributed by atoms with Crippen molar-refractivity contribution in [2.75, 3.05) is 18.4 Å². The fourth-order valence-corrected chi connectivity index (χ4v) is 3.73. The van der Waals surface area contributed by atoms with Crippen LogP contribution >= 0.6 is 0 Å². The minimum absolute atomic E-state index is 0.0567. The molecule has 1 N–H and O–H groups in total. The van der Waals surface area contributed by atoms with Crippen molar-refractivity contribution in [1.29, 1.82) is 0 Å². The van der Waals surface area contributed by atoms with Crippen molar-refractivity contribution < 1.29 is 9.59 Å². The molecule has 0 atom stereocenters. The number of rotatable bonds is 7. The molecule has 0 aromatic heterocycles. The van der Waals surface area contributed by atoms with Gasteiger partial charge in [0.25, 0.3) is 11.8 Å². The van der Waals surface area contributed by atoms with Gasteiger partial charge in [-0.15, -0.1) is 0 Å². The Balaban J connectivity index is 2.50. The quantitative estimate of drug-likeness (QED) is 0.721. The maximum Gasteiger partial charge on any atom is 0.256 e. The fraction of sp³-hybridized carbons (Fsp3) is 0.417. The number of nitrogens with one attached hydrogen (secondary N) is 1. The second-order valence-electron chi connectivity index (χ2n) is 7.03. The minimum Gasteiger partial charge on any atom is -0.339 e. The zero-order valence-corrected chi connectivity index (χ0v) is 18.0. The number of anilines is 1. The van der Waals surface area contributed by atoms with Gasteiger partial charge in [0.1, 0.15) is 0 Å². The third-order valence-corrected chi connectivity index (χ3v) is 5.37. The van der Waals surface area contributed by atoms with Gasteiger partial charge < -0.3 is 10.2 Å². The second-order valence-corrected chi connectivity index (χ2v) is 7.03. The highest BCUT2D eigenvalue weighted by atomic mass is 16.2. The molecule has 2 amide bonds. The summed E-state index contributed by atoms with van der Waals surface area (Å²) in [5, 5.41) is 3.06. The van der Waals surface area contributed by atoms with Gasteiger partial charge in [-0.2, -0.15) is 0 Å². The minimum atomic E-state index is -0.146. The van der Waals surface area contributed by atoms with Gasteiger partial charge in [0, 0.05) is 18.7 Å². The fourth-order valence-electron chi connectivity index (χ4n) is 3.73. The molecule has 0 radical (unpaired) electrons. The number of aryl methyl sites for hydroxylation is 3. The predicted octanol–water partition coefficient (Wildman–Crippen LogP) is 5.16. The molecule has 0 aliphatic carbocycles. The summed E-state index contributed by atoms with van der Waals surface area (Å²) in [7, 11) is 0. The summed E-state index contributed by atoms with van der Waals surface area (Å²) in [5.74, 6) is -0.203. The summed E-state index contributed by atoms with van der Waals surface area (Å²) in [6.45, 7) is 13.3. The van der Waals surface area contributed by atoms with Crippen molar-refractivity contribution in [3.63, 3.8) is 0 Å². The topological polar surface area (TPSA) is 49.4 Å². The second kappa shape index (κ2) is 9.54. The summed E-state index contributed by atoms with van der Waals surface area (Å²) in [4.78, 5) is 28.0. The first kappa shape index (κ1) is 21.7. The Morgan fingerprint density at radius 3 is 2.14 bits per heavy atom. The van der Waals surface area contributed by atoms with Gasteiger partial charge in [-0.3, -0.25) is 9.59 Å². The highest BCUT2D eigenvalue weighted by molar-refractivity contribution is 6.11. The normalized spacial score (nSPS) is 10.6. The summed E-state index contributed by atoms with van der Waals surface area (Å²) in [6, 6.07) is 9.69. The number of para-hydroxylation sites is 1. The van der Waals surface area contributed by atoms with Crippen molar-refractivity contribution in [2.45, 2.75) is 54.4 Å². The van der Waals surface area contributed by atoms with Crippen molar-refractivity contribution in [3.05, 3.63) is 63.7 Å². The lowest BCUT2D eigenvalue weighted by Gasteiger charge is -2.22. The Morgan fingerprint density at radius 1 is 0.893 bits per heavy atom. The summed E-state index contributed by atoms with van der Waals surface area (Å²) < 4.78 is 0. The highest BCUT2D eigenvalue weighted by Gasteiger charge is 2.22. The van der Waals surface area contributed by atoms with E-state index in [-0.39, 0.29) is 11.8 Å². The van der Waals surface area contributed by atoms with Gasteiger partial charge >= 0.3 is 0 Å². The van der Waals surface area contributed by atoms with Gasteiger partial charge in [-0.1, -0.05) is 38.1 Å². The van der Waals surface area contributed by atoms with Crippen molar-refractivity contribution >= 4 is 17.5 Å². The van der Waals surface area contributed by atoms with Crippen molar-refractivity contribution in [2.24, 2.45) is 0 Å². The Bertz CT molecular complexity index is 867. The molecule has 2 rings (SSSR count). The van der Waals surface area contributed by atoms with Crippen LogP contribution in [0.3, 0.4) is 0 Å². The van der Waals surface area contributed by atoms with Gasteiger partial charge in [0.05, 0.1) is 11.3 Å². The van der Waals surface area contributed by atoms with E-state index in [1.165, 1.54) is 5.56 Å². The van der Waals surface area contributed by atoms with E-state index in [0.717, 1.165) is 35.1 Å². The molecule has 28 heavy (non-hydrogen) atoms. The van der Waals surface area contributed by atoms with E-state index in [9.17, 15) is 9.59 Å². The number of hydrogen-bond acceptors (Lipinski definition) is 2. The average Bonchev–Trinajstić information content (AvgIpc) is 2.69. The lowest BCUT2D eigenvalue weighted by molar-refractivity contribution is 0.0774. The van der Waals surface area contributed by atoms with Crippen LogP contribution in [0.25, 0.3) is 0 Å². The molecule has 2 aromatic rings. The van der Waals surface area contributed by atoms with E-state index in [0.29, 0.717) is 24.3 Å². The number of carbonyl (C=O) groups is 2. The van der Waals surface area contributed by atoms with Crippen LogP contribution in [0, 0.1) is 13.8 Å². The molecule has 4 heteroatoms. The lowest BCUT2D eigenvalue weighted by Crippen LogP contribution is -2.31. The molecule has 0 saturated heterocycles. The van der Waals surface area contributed by atoms with E-state index in [1.54, 1.807) is 11.0 Å². The predicted molar refractivity (Wildman–Crippen MR) is 116 cm³/mol. The monoisotopic (exact) mass is 380 g/mol. The molecule has 0 spiro atoms. The van der Waals surface area contributed by atoms with E-state index in [1.807, 2.05) is 45.9 Å². The van der Waals surface area contributed by atoms with E-state index in [2.05, 4.69) is 25.2 Å². The number of hydrogen-bond donors (Lipinski definition) is 1. The van der Waals surface area contributed by atoms with Gasteiger partial charge in [-0.05, 0) is 68.9 Å². The van der Waals surface area contributed by atoms with Crippen LogP contribution in [-0.4, -0.2) is 29.8 Å². The molecule has 0 aliphatic rings. The third kappa shape index (κ3) is 4.27. The molecule has 4 nitrogen and oxygen atoms in total. The van der Waals surface area contributed by atoms with Crippen molar-refractivity contribution in [3.8, 4) is 0 Å². The Labute approximate surface area is 169 Å². The number of nitrogens with zero attached hydrogens (tertiary/aromatic N) is 1. The molecule has 0 saturated carbocycles. The number of carbonyl (C=O) groups excluding carboxylic acids is 2. The maximum absolute atomic E-state index is 13.3. The highest BCUT2D eigenvalue weighted by Crippen LogP contribution is 2.26. The van der Waals surface area contributed by atoms with Gasteiger partial charge in [-0.25, -0.2) is 0 Å². The lowest BCUT2D eigenvalue weighted by atomic mass is 9.92. The van der Waals surface area contributed by atoms with Crippen LogP contribution in [0.4, 0.5) is 5.69 Å². The van der Waals surface area contributed by atoms with Crippen molar-refractivity contribution in [1.82, 2.24) is 4.90 Å². The van der Waals surface area contributed by atoms with Crippen LogP contribution in [0.2, 0.25) is 0 Å². The largest absolute Gasteiger partial charge is 0.339 e. The molecule has 2 aromatic carbocycles. The smallest absolute Gasteiger partial charge is 0.256 e. The molecule has 0 heterocycles. The standard InChI is InChI=1S/C24H32N2O2/c1-7-18-15-14-16(5)21(19(18)8-2)23(27)25-22-17(6)12-11-13-20(22)24(28)26(9-3)10-4/h11-15H,7-10H2,1-6H3,(H,25,27). The van der Waals surface area contributed by atoms with Gasteiger partial charge in [0.2, 0.25) is 0 Å². The van der Waals surface area contributed by atoms with E-state index >= 15 is 0 Å². The molecule has 0 bridgehead atoms. The first-order chi connectivity index (χ1) is 13.4. The molecular formula is C24H32N2O2. The Morgan fingerprint density at radius 2 is 1.57 bits per heavy atom. The summed E-state index contributed by atoms with van der Waals surface area (Å²) in [5.41, 5.74) is 6.00. The molecule has 0 fully saturated rings. The Hall–Kier alpha value is -2.62. The average molecular weight is 381 g/mol. The maximum atomic E-state index is 13.3. The van der Waals surface area contributed by atoms with E-state index < -0.39 is 0 Å². The number of benzene rings is 2. The summed E-state index contributed by atoms with van der Waals surface area (Å²) >= 11 is 0. The molecule has 0 aliphatic heterocycles. The van der Waals surface area contributed by atoms with Crippen LogP contribution in [0.5, 0.6) is 0 Å². The SMILES string of the molecule is CCc1ccc(C)c(C(=O)Nc2c(C)cccc2C(=O)N(CC)CC)c1CC. The summed E-state index contributed by atoms with van der Waals surface area (Å²) in [6.07, 6.45) is 1.69. The number of amides is 2. The van der Waals surface area contributed by atoms with Gasteiger partial charge in [0.15, 0.2) is 0 Å². The first-order valence-electron chi connectivity index (χ1n) is 10.2. The van der Waals surface area contributed by atoms with Crippen LogP contribution in [0.1, 0.15) is 70.7 Å². The third-order valence-electron chi connectivity index (χ3n) is 5.37. The zero-order valence-electron chi connectivity index (χ0n) is 18.0. The Kier molecular flexibility index (Phi) is 7.38. The van der Waals surface area contributed by atoms with Crippen LogP contribution < -0.4 is 5.32 Å². The van der Waals surface area contributed by atoms with E-state index in [4.69, 9.17) is 0 Å². The zero-order chi connectivity index (χ0) is 20.8. The molecule has 0 unspecified atom stereocenters. The van der Waals surface area contributed by atoms with Crippen LogP contribution in [0.15, 0.2) is 30.3 Å². The first-order valence-corrected chi connectivity index (χ1v) is 10.2. The molecule has 150 valence electrons. The van der Waals surface area contributed by atoms with Crippen LogP contribution in [-0.2, 0) is 12.8 Å².